The number of ether oxygens (including phenoxy) is 1. The van der Waals surface area contributed by atoms with Gasteiger partial charge in [-0.05, 0) is 49.9 Å². The Kier molecular flexibility index (Phi) is 5.81. The Morgan fingerprint density at radius 2 is 1.89 bits per heavy atom. The molecule has 0 aliphatic carbocycles. The molecule has 0 heterocycles. The van der Waals surface area contributed by atoms with Crippen molar-refractivity contribution in [2.45, 2.75) is 30.3 Å². The van der Waals surface area contributed by atoms with E-state index in [0.29, 0.717) is 13.2 Å². The van der Waals surface area contributed by atoms with Crippen molar-refractivity contribution in [3.8, 4) is 0 Å². The SMILES string of the molecule is CCOCC(C)Nc1ccc(SC(F)(F)F)cc1. The van der Waals surface area contributed by atoms with Gasteiger partial charge in [-0.15, -0.1) is 0 Å². The van der Waals surface area contributed by atoms with E-state index >= 15 is 0 Å². The number of hydrogen-bond acceptors (Lipinski definition) is 3. The minimum Gasteiger partial charge on any atom is -0.380 e. The van der Waals surface area contributed by atoms with Gasteiger partial charge < -0.3 is 10.1 Å². The highest BCUT2D eigenvalue weighted by atomic mass is 32.2. The van der Waals surface area contributed by atoms with E-state index in [9.17, 15) is 13.2 Å². The molecule has 102 valence electrons. The largest absolute Gasteiger partial charge is 0.446 e. The normalized spacial score (nSPS) is 13.4. The lowest BCUT2D eigenvalue weighted by Crippen LogP contribution is -2.21. The molecule has 2 nitrogen and oxygen atoms in total. The number of rotatable bonds is 6. The molecule has 18 heavy (non-hydrogen) atoms. The van der Waals surface area contributed by atoms with Crippen molar-refractivity contribution in [3.05, 3.63) is 24.3 Å². The second-order valence-electron chi connectivity index (χ2n) is 3.78. The van der Waals surface area contributed by atoms with Crippen LogP contribution in [0.4, 0.5) is 18.9 Å². The molecule has 0 radical (unpaired) electrons. The summed E-state index contributed by atoms with van der Waals surface area (Å²) in [5, 5.41) is 3.15. The van der Waals surface area contributed by atoms with Gasteiger partial charge in [-0.25, -0.2) is 0 Å². The maximum absolute atomic E-state index is 12.1. The van der Waals surface area contributed by atoms with Crippen LogP contribution in [-0.2, 0) is 4.74 Å². The molecular formula is C12H16F3NOS. The van der Waals surface area contributed by atoms with Gasteiger partial charge >= 0.3 is 5.51 Å². The van der Waals surface area contributed by atoms with Crippen molar-refractivity contribution in [2.75, 3.05) is 18.5 Å². The van der Waals surface area contributed by atoms with Crippen LogP contribution < -0.4 is 5.32 Å². The van der Waals surface area contributed by atoms with E-state index in [1.165, 1.54) is 12.1 Å². The summed E-state index contributed by atoms with van der Waals surface area (Å²) < 4.78 is 41.6. The first kappa shape index (κ1) is 15.2. The van der Waals surface area contributed by atoms with E-state index in [0.717, 1.165) is 5.69 Å². The molecule has 0 aliphatic rings. The van der Waals surface area contributed by atoms with Gasteiger partial charge in [0.05, 0.1) is 6.61 Å². The third kappa shape index (κ3) is 6.16. The Balaban J connectivity index is 2.50. The molecule has 0 saturated carbocycles. The molecule has 0 bridgehead atoms. The summed E-state index contributed by atoms with van der Waals surface area (Å²) in [7, 11) is 0. The topological polar surface area (TPSA) is 21.3 Å². The van der Waals surface area contributed by atoms with E-state index in [2.05, 4.69) is 5.32 Å². The Morgan fingerprint density at radius 3 is 2.39 bits per heavy atom. The van der Waals surface area contributed by atoms with Crippen LogP contribution in [0.15, 0.2) is 29.2 Å². The van der Waals surface area contributed by atoms with Crippen LogP contribution in [0.1, 0.15) is 13.8 Å². The van der Waals surface area contributed by atoms with E-state index in [1.807, 2.05) is 13.8 Å². The summed E-state index contributed by atoms with van der Waals surface area (Å²) in [6.45, 7) is 5.08. The fraction of sp³-hybridized carbons (Fsp3) is 0.500. The van der Waals surface area contributed by atoms with E-state index in [4.69, 9.17) is 4.74 Å². The average Bonchev–Trinajstić information content (AvgIpc) is 2.27. The Labute approximate surface area is 109 Å². The molecule has 1 aromatic rings. The molecular weight excluding hydrogens is 263 g/mol. The highest BCUT2D eigenvalue weighted by Gasteiger charge is 2.28. The number of nitrogens with one attached hydrogen (secondary N) is 1. The van der Waals surface area contributed by atoms with Gasteiger partial charge in [-0.2, -0.15) is 13.2 Å². The van der Waals surface area contributed by atoms with E-state index < -0.39 is 5.51 Å². The second-order valence-corrected chi connectivity index (χ2v) is 4.92. The Hall–Kier alpha value is -0.880. The summed E-state index contributed by atoms with van der Waals surface area (Å²) >= 11 is -0.110. The molecule has 1 rings (SSSR count). The number of benzene rings is 1. The first-order valence-corrected chi connectivity index (χ1v) is 6.42. The van der Waals surface area contributed by atoms with Gasteiger partial charge in [0.2, 0.25) is 0 Å². The molecule has 0 fully saturated rings. The average molecular weight is 279 g/mol. The maximum atomic E-state index is 12.1. The summed E-state index contributed by atoms with van der Waals surface area (Å²) in [4.78, 5) is 0.186. The van der Waals surface area contributed by atoms with E-state index in [1.54, 1.807) is 12.1 Å². The predicted molar refractivity (Wildman–Crippen MR) is 67.9 cm³/mol. The third-order valence-corrected chi connectivity index (χ3v) is 2.81. The molecule has 0 saturated heterocycles. The van der Waals surface area contributed by atoms with Crippen LogP contribution in [0, 0.1) is 0 Å². The van der Waals surface area contributed by atoms with Crippen LogP contribution in [0.25, 0.3) is 0 Å². The quantitative estimate of drug-likeness (QED) is 0.791. The number of hydrogen-bond donors (Lipinski definition) is 1. The number of alkyl halides is 3. The van der Waals surface area contributed by atoms with Crippen LogP contribution in [0.5, 0.6) is 0 Å². The lowest BCUT2D eigenvalue weighted by molar-refractivity contribution is -0.0328. The standard InChI is InChI=1S/C12H16F3NOS/c1-3-17-8-9(2)16-10-4-6-11(7-5-10)18-12(13,14)15/h4-7,9,16H,3,8H2,1-2H3. The molecule has 6 heteroatoms. The maximum Gasteiger partial charge on any atom is 0.446 e. The fourth-order valence-electron chi connectivity index (χ4n) is 1.37. The third-order valence-electron chi connectivity index (χ3n) is 2.07. The lowest BCUT2D eigenvalue weighted by Gasteiger charge is -2.15. The number of halogens is 3. The van der Waals surface area contributed by atoms with Crippen molar-refractivity contribution in [1.82, 2.24) is 0 Å². The van der Waals surface area contributed by atoms with Crippen molar-refractivity contribution >= 4 is 17.4 Å². The van der Waals surface area contributed by atoms with Gasteiger partial charge in [0.15, 0.2) is 0 Å². The Bertz CT molecular complexity index is 353. The molecule has 1 atom stereocenters. The van der Waals surface area contributed by atoms with Gasteiger partial charge in [0, 0.05) is 23.2 Å². The van der Waals surface area contributed by atoms with Crippen LogP contribution in [0.2, 0.25) is 0 Å². The molecule has 0 aliphatic heterocycles. The zero-order valence-corrected chi connectivity index (χ0v) is 11.1. The zero-order chi connectivity index (χ0) is 13.6. The Morgan fingerprint density at radius 1 is 1.28 bits per heavy atom. The molecule has 1 unspecified atom stereocenters. The first-order valence-electron chi connectivity index (χ1n) is 5.61. The van der Waals surface area contributed by atoms with Crippen molar-refractivity contribution in [1.29, 1.82) is 0 Å². The summed E-state index contributed by atoms with van der Waals surface area (Å²) in [5.74, 6) is 0. The van der Waals surface area contributed by atoms with Crippen molar-refractivity contribution in [2.24, 2.45) is 0 Å². The monoisotopic (exact) mass is 279 g/mol. The second kappa shape index (κ2) is 6.89. The van der Waals surface area contributed by atoms with Crippen LogP contribution >= 0.6 is 11.8 Å². The summed E-state index contributed by atoms with van der Waals surface area (Å²) in [6.07, 6.45) is 0. The zero-order valence-electron chi connectivity index (χ0n) is 10.3. The van der Waals surface area contributed by atoms with Crippen molar-refractivity contribution in [3.63, 3.8) is 0 Å². The lowest BCUT2D eigenvalue weighted by atomic mass is 10.3. The van der Waals surface area contributed by atoms with Crippen LogP contribution in [-0.4, -0.2) is 24.8 Å². The molecule has 0 spiro atoms. The number of anilines is 1. The van der Waals surface area contributed by atoms with E-state index in [-0.39, 0.29) is 22.7 Å². The van der Waals surface area contributed by atoms with Gasteiger partial charge in [0.1, 0.15) is 0 Å². The van der Waals surface area contributed by atoms with Gasteiger partial charge in [-0.1, -0.05) is 0 Å². The highest BCUT2D eigenvalue weighted by molar-refractivity contribution is 8.00. The molecule has 0 aromatic heterocycles. The van der Waals surface area contributed by atoms with Crippen LogP contribution in [0.3, 0.4) is 0 Å². The summed E-state index contributed by atoms with van der Waals surface area (Å²) in [6, 6.07) is 6.29. The predicted octanol–water partition coefficient (Wildman–Crippen LogP) is 4.14. The first-order chi connectivity index (χ1) is 8.40. The molecule has 1 aromatic carbocycles. The molecule has 0 amide bonds. The summed E-state index contributed by atoms with van der Waals surface area (Å²) in [5.41, 5.74) is -3.45. The van der Waals surface area contributed by atoms with Gasteiger partial charge in [0.25, 0.3) is 0 Å². The fourth-order valence-corrected chi connectivity index (χ4v) is 1.91. The number of thioether (sulfide) groups is 1. The minimum absolute atomic E-state index is 0.110. The highest BCUT2D eigenvalue weighted by Crippen LogP contribution is 2.37. The minimum atomic E-state index is -4.24. The smallest absolute Gasteiger partial charge is 0.380 e. The molecule has 1 N–H and O–H groups in total. The van der Waals surface area contributed by atoms with Gasteiger partial charge in [-0.3, -0.25) is 0 Å². The van der Waals surface area contributed by atoms with Crippen molar-refractivity contribution < 1.29 is 17.9 Å².